The molecule has 1 aromatic rings. The van der Waals surface area contributed by atoms with Gasteiger partial charge in [-0.1, -0.05) is 12.1 Å². The predicted molar refractivity (Wildman–Crippen MR) is 61.7 cm³/mol. The first-order valence-corrected chi connectivity index (χ1v) is 4.79. The molecule has 0 radical (unpaired) electrons. The van der Waals surface area contributed by atoms with E-state index in [1.54, 1.807) is 19.1 Å². The van der Waals surface area contributed by atoms with Crippen LogP contribution in [0.1, 0.15) is 12.5 Å². The molecule has 1 aliphatic rings. The van der Waals surface area contributed by atoms with Crippen molar-refractivity contribution in [3.8, 4) is 0 Å². The number of benzene rings is 1. The highest BCUT2D eigenvalue weighted by Gasteiger charge is 2.34. The molecule has 1 aromatic carbocycles. The molecule has 0 amide bonds. The third kappa shape index (κ3) is 2.24. The second-order valence-electron chi connectivity index (χ2n) is 3.70. The van der Waals surface area contributed by atoms with Crippen molar-refractivity contribution in [1.29, 1.82) is 0 Å². The maximum atomic E-state index is 12.7. The van der Waals surface area contributed by atoms with Gasteiger partial charge in [-0.25, -0.2) is 4.39 Å². The van der Waals surface area contributed by atoms with E-state index in [2.05, 4.69) is 4.99 Å². The summed E-state index contributed by atoms with van der Waals surface area (Å²) in [6.45, 7) is 1.73. The van der Waals surface area contributed by atoms with Gasteiger partial charge in [0.2, 0.25) is 0 Å². The van der Waals surface area contributed by atoms with E-state index in [1.165, 1.54) is 12.1 Å². The summed E-state index contributed by atoms with van der Waals surface area (Å²) in [6, 6.07) is 5.38. The van der Waals surface area contributed by atoms with Gasteiger partial charge in [-0.15, -0.1) is 12.4 Å². The summed E-state index contributed by atoms with van der Waals surface area (Å²) in [7, 11) is 0. The van der Waals surface area contributed by atoms with Crippen LogP contribution in [-0.2, 0) is 0 Å². The summed E-state index contributed by atoms with van der Waals surface area (Å²) in [5, 5.41) is 19.2. The fourth-order valence-electron chi connectivity index (χ4n) is 1.66. The van der Waals surface area contributed by atoms with E-state index in [4.69, 9.17) is 0 Å². The fourth-order valence-corrected chi connectivity index (χ4v) is 1.66. The van der Waals surface area contributed by atoms with E-state index in [0.717, 1.165) is 0 Å². The van der Waals surface area contributed by atoms with Crippen molar-refractivity contribution >= 4 is 18.1 Å². The van der Waals surface area contributed by atoms with Gasteiger partial charge in [-0.2, -0.15) is 0 Å². The van der Waals surface area contributed by atoms with Crippen LogP contribution in [0.3, 0.4) is 0 Å². The highest BCUT2D eigenvalue weighted by atomic mass is 35.5. The standard InChI is InChI=1S/C11H12FNO2.ClH/c1-6-10(14)11(15)9(13-6)7-2-4-8(12)5-3-7;/h2-6,10-11,14-15H,1H3;1H/t6-,10+,11-;/m0./s1. The molecule has 5 heteroatoms. The van der Waals surface area contributed by atoms with Crippen LogP contribution in [0.2, 0.25) is 0 Å². The summed E-state index contributed by atoms with van der Waals surface area (Å²) in [4.78, 5) is 4.14. The van der Waals surface area contributed by atoms with Gasteiger partial charge >= 0.3 is 0 Å². The number of nitrogens with zero attached hydrogens (tertiary/aromatic N) is 1. The lowest BCUT2D eigenvalue weighted by molar-refractivity contribution is 0.0592. The minimum atomic E-state index is -0.981. The van der Waals surface area contributed by atoms with Crippen molar-refractivity contribution in [3.05, 3.63) is 35.6 Å². The second kappa shape index (κ2) is 4.91. The van der Waals surface area contributed by atoms with E-state index in [-0.39, 0.29) is 24.3 Å². The molecule has 0 aliphatic carbocycles. The normalized spacial score (nSPS) is 28.5. The Morgan fingerprint density at radius 2 is 1.75 bits per heavy atom. The van der Waals surface area contributed by atoms with Crippen LogP contribution >= 0.6 is 12.4 Å². The molecule has 0 unspecified atom stereocenters. The molecule has 0 aromatic heterocycles. The van der Waals surface area contributed by atoms with E-state index >= 15 is 0 Å². The lowest BCUT2D eigenvalue weighted by Gasteiger charge is -2.11. The number of hydrogen-bond acceptors (Lipinski definition) is 3. The zero-order chi connectivity index (χ0) is 11.0. The van der Waals surface area contributed by atoms with Crippen LogP contribution in [0.5, 0.6) is 0 Å². The van der Waals surface area contributed by atoms with Gasteiger partial charge in [0, 0.05) is 0 Å². The summed E-state index contributed by atoms with van der Waals surface area (Å²) in [5.41, 5.74) is 1.07. The molecule has 2 rings (SSSR count). The van der Waals surface area contributed by atoms with E-state index in [1.807, 2.05) is 0 Å². The van der Waals surface area contributed by atoms with Gasteiger partial charge in [-0.05, 0) is 24.6 Å². The monoisotopic (exact) mass is 245 g/mol. The van der Waals surface area contributed by atoms with Crippen molar-refractivity contribution in [2.24, 2.45) is 4.99 Å². The Hall–Kier alpha value is -0.970. The zero-order valence-corrected chi connectivity index (χ0v) is 9.49. The second-order valence-corrected chi connectivity index (χ2v) is 3.70. The molecule has 0 saturated carbocycles. The lowest BCUT2D eigenvalue weighted by Crippen LogP contribution is -2.32. The number of aliphatic hydroxyl groups is 2. The Kier molecular flexibility index (Phi) is 4.02. The molecular formula is C11H13ClFNO2. The topological polar surface area (TPSA) is 52.8 Å². The summed E-state index contributed by atoms with van der Waals surface area (Å²) in [5.74, 6) is -0.333. The van der Waals surface area contributed by atoms with E-state index < -0.39 is 12.2 Å². The van der Waals surface area contributed by atoms with Gasteiger partial charge in [-0.3, -0.25) is 4.99 Å². The third-order valence-corrected chi connectivity index (χ3v) is 2.58. The molecule has 2 N–H and O–H groups in total. The van der Waals surface area contributed by atoms with Crippen molar-refractivity contribution in [2.75, 3.05) is 0 Å². The molecule has 3 nitrogen and oxygen atoms in total. The third-order valence-electron chi connectivity index (χ3n) is 2.58. The van der Waals surface area contributed by atoms with Crippen LogP contribution < -0.4 is 0 Å². The highest BCUT2D eigenvalue weighted by molar-refractivity contribution is 6.05. The van der Waals surface area contributed by atoms with Gasteiger partial charge in [0.1, 0.15) is 18.0 Å². The predicted octanol–water partition coefficient (Wildman–Crippen LogP) is 1.16. The molecule has 16 heavy (non-hydrogen) atoms. The van der Waals surface area contributed by atoms with Crippen molar-refractivity contribution in [3.63, 3.8) is 0 Å². The van der Waals surface area contributed by atoms with Crippen LogP contribution in [0.4, 0.5) is 4.39 Å². The molecule has 0 bridgehead atoms. The quantitative estimate of drug-likeness (QED) is 0.780. The average molecular weight is 246 g/mol. The maximum Gasteiger partial charge on any atom is 0.124 e. The van der Waals surface area contributed by atoms with Crippen LogP contribution in [0, 0.1) is 5.82 Å². The Labute approximate surface area is 99.1 Å². The fraction of sp³-hybridized carbons (Fsp3) is 0.364. The van der Waals surface area contributed by atoms with Gasteiger partial charge in [0.15, 0.2) is 0 Å². The molecule has 1 aliphatic heterocycles. The number of hydrogen-bond donors (Lipinski definition) is 2. The van der Waals surface area contributed by atoms with E-state index in [9.17, 15) is 14.6 Å². The first-order valence-electron chi connectivity index (χ1n) is 4.79. The largest absolute Gasteiger partial charge is 0.388 e. The minimum Gasteiger partial charge on any atom is -0.388 e. The summed E-state index contributed by atoms with van der Waals surface area (Å²) in [6.07, 6.45) is -1.85. The summed E-state index contributed by atoms with van der Waals surface area (Å²) >= 11 is 0. The number of halogens is 2. The molecule has 0 saturated heterocycles. The van der Waals surface area contributed by atoms with Gasteiger partial charge in [0.05, 0.1) is 11.8 Å². The van der Waals surface area contributed by atoms with Crippen molar-refractivity contribution < 1.29 is 14.6 Å². The number of aliphatic hydroxyl groups excluding tert-OH is 2. The average Bonchev–Trinajstić information content (AvgIpc) is 2.47. The van der Waals surface area contributed by atoms with Gasteiger partial charge in [0.25, 0.3) is 0 Å². The molecule has 88 valence electrons. The number of aliphatic imine (C=N–C) groups is 1. The highest BCUT2D eigenvalue weighted by Crippen LogP contribution is 2.19. The Bertz CT molecular complexity index is 393. The Balaban J connectivity index is 0.00000128. The Morgan fingerprint density at radius 1 is 1.19 bits per heavy atom. The summed E-state index contributed by atoms with van der Waals surface area (Å²) < 4.78 is 12.7. The van der Waals surface area contributed by atoms with Crippen molar-refractivity contribution in [2.45, 2.75) is 25.2 Å². The van der Waals surface area contributed by atoms with Gasteiger partial charge < -0.3 is 10.2 Å². The molecule has 1 heterocycles. The molecule has 3 atom stereocenters. The molecule has 0 fully saturated rings. The van der Waals surface area contributed by atoms with Crippen LogP contribution in [0.25, 0.3) is 0 Å². The minimum absolute atomic E-state index is 0. The first-order chi connectivity index (χ1) is 7.09. The maximum absolute atomic E-state index is 12.7. The zero-order valence-electron chi connectivity index (χ0n) is 8.67. The lowest BCUT2D eigenvalue weighted by atomic mass is 10.0. The SMILES string of the molecule is C[C@@H]1N=C(c2ccc(F)cc2)[C@H](O)[C@@H]1O.Cl. The van der Waals surface area contributed by atoms with Crippen LogP contribution in [-0.4, -0.2) is 34.2 Å². The van der Waals surface area contributed by atoms with Crippen LogP contribution in [0.15, 0.2) is 29.3 Å². The molecule has 0 spiro atoms. The Morgan fingerprint density at radius 3 is 2.19 bits per heavy atom. The first kappa shape index (κ1) is 13.1. The smallest absolute Gasteiger partial charge is 0.124 e. The molecular weight excluding hydrogens is 233 g/mol. The van der Waals surface area contributed by atoms with Crippen molar-refractivity contribution in [1.82, 2.24) is 0 Å². The van der Waals surface area contributed by atoms with E-state index in [0.29, 0.717) is 11.3 Å². The number of rotatable bonds is 1.